The first-order valence-corrected chi connectivity index (χ1v) is 7.80. The SMILES string of the molecule is O=C(CCN1C(=O)CCC1=O)NCCc1ccc(F)c(Br)c1. The Morgan fingerprint density at radius 1 is 1.27 bits per heavy atom. The Balaban J connectivity index is 1.70. The summed E-state index contributed by atoms with van der Waals surface area (Å²) in [6.45, 7) is 0.546. The first-order chi connectivity index (χ1) is 10.5. The van der Waals surface area contributed by atoms with E-state index in [1.54, 1.807) is 12.1 Å². The van der Waals surface area contributed by atoms with E-state index in [1.165, 1.54) is 6.07 Å². The normalized spacial score (nSPS) is 14.5. The summed E-state index contributed by atoms with van der Waals surface area (Å²) in [4.78, 5) is 35.6. The maximum Gasteiger partial charge on any atom is 0.229 e. The average Bonchev–Trinajstić information content (AvgIpc) is 2.80. The predicted octanol–water partition coefficient (Wildman–Crippen LogP) is 1.79. The van der Waals surface area contributed by atoms with Gasteiger partial charge in [0.25, 0.3) is 0 Å². The van der Waals surface area contributed by atoms with E-state index in [0.717, 1.165) is 10.5 Å². The van der Waals surface area contributed by atoms with Crippen molar-refractivity contribution in [1.82, 2.24) is 10.2 Å². The average molecular weight is 371 g/mol. The number of likely N-dealkylation sites (tertiary alicyclic amines) is 1. The lowest BCUT2D eigenvalue weighted by Gasteiger charge is -2.13. The second-order valence-corrected chi connectivity index (χ2v) is 5.89. The second-order valence-electron chi connectivity index (χ2n) is 5.04. The molecule has 1 fully saturated rings. The maximum absolute atomic E-state index is 13.1. The highest BCUT2D eigenvalue weighted by atomic mass is 79.9. The minimum absolute atomic E-state index is 0.102. The van der Waals surface area contributed by atoms with Crippen molar-refractivity contribution in [3.63, 3.8) is 0 Å². The van der Waals surface area contributed by atoms with E-state index in [1.807, 2.05) is 0 Å². The van der Waals surface area contributed by atoms with Gasteiger partial charge in [0, 0.05) is 32.4 Å². The minimum Gasteiger partial charge on any atom is -0.356 e. The Hall–Kier alpha value is -1.76. The number of hydrogen-bond acceptors (Lipinski definition) is 3. The zero-order valence-corrected chi connectivity index (χ0v) is 13.5. The molecule has 1 aromatic carbocycles. The molecule has 5 nitrogen and oxygen atoms in total. The predicted molar refractivity (Wildman–Crippen MR) is 81.4 cm³/mol. The van der Waals surface area contributed by atoms with Gasteiger partial charge in [0.05, 0.1) is 4.47 Å². The van der Waals surface area contributed by atoms with Crippen LogP contribution in [0.2, 0.25) is 0 Å². The third-order valence-electron chi connectivity index (χ3n) is 3.44. The van der Waals surface area contributed by atoms with Crippen molar-refractivity contribution in [3.8, 4) is 0 Å². The highest BCUT2D eigenvalue weighted by Crippen LogP contribution is 2.17. The van der Waals surface area contributed by atoms with Crippen molar-refractivity contribution in [2.75, 3.05) is 13.1 Å². The fraction of sp³-hybridized carbons (Fsp3) is 0.400. The molecule has 1 heterocycles. The van der Waals surface area contributed by atoms with Crippen LogP contribution in [0.3, 0.4) is 0 Å². The van der Waals surface area contributed by atoms with Gasteiger partial charge in [-0.2, -0.15) is 0 Å². The largest absolute Gasteiger partial charge is 0.356 e. The molecule has 7 heteroatoms. The van der Waals surface area contributed by atoms with Crippen LogP contribution in [0.5, 0.6) is 0 Å². The Labute approximate surface area is 136 Å². The molecule has 1 N–H and O–H groups in total. The summed E-state index contributed by atoms with van der Waals surface area (Å²) < 4.78 is 13.5. The number of amides is 3. The highest BCUT2D eigenvalue weighted by molar-refractivity contribution is 9.10. The summed E-state index contributed by atoms with van der Waals surface area (Å²) in [5, 5.41) is 2.72. The van der Waals surface area contributed by atoms with E-state index in [2.05, 4.69) is 21.2 Å². The molecular formula is C15H16BrFN2O3. The van der Waals surface area contributed by atoms with Crippen LogP contribution >= 0.6 is 15.9 Å². The van der Waals surface area contributed by atoms with Crippen molar-refractivity contribution in [2.24, 2.45) is 0 Å². The molecule has 0 unspecified atom stereocenters. The Morgan fingerprint density at radius 3 is 2.59 bits per heavy atom. The maximum atomic E-state index is 13.1. The van der Waals surface area contributed by atoms with Crippen LogP contribution in [0.15, 0.2) is 22.7 Å². The topological polar surface area (TPSA) is 66.5 Å². The molecule has 0 aromatic heterocycles. The molecule has 1 aliphatic rings. The second kappa shape index (κ2) is 7.49. The first kappa shape index (κ1) is 16.6. The molecule has 0 aliphatic carbocycles. The van der Waals surface area contributed by atoms with Gasteiger partial charge in [-0.25, -0.2) is 4.39 Å². The lowest BCUT2D eigenvalue weighted by molar-refractivity contribution is -0.138. The van der Waals surface area contributed by atoms with Crippen LogP contribution in [-0.2, 0) is 20.8 Å². The smallest absolute Gasteiger partial charge is 0.229 e. The molecule has 1 aromatic rings. The van der Waals surface area contributed by atoms with E-state index >= 15 is 0 Å². The number of halogens is 2. The molecule has 0 atom stereocenters. The van der Waals surface area contributed by atoms with Crippen LogP contribution in [0.25, 0.3) is 0 Å². The van der Waals surface area contributed by atoms with Gasteiger partial charge in [-0.1, -0.05) is 6.07 Å². The van der Waals surface area contributed by atoms with Crippen molar-refractivity contribution in [2.45, 2.75) is 25.7 Å². The van der Waals surface area contributed by atoms with E-state index in [9.17, 15) is 18.8 Å². The van der Waals surface area contributed by atoms with E-state index in [0.29, 0.717) is 17.4 Å². The molecule has 1 aliphatic heterocycles. The molecule has 22 heavy (non-hydrogen) atoms. The lowest BCUT2D eigenvalue weighted by Crippen LogP contribution is -2.34. The molecule has 0 bridgehead atoms. The molecule has 1 saturated heterocycles. The number of imide groups is 1. The van der Waals surface area contributed by atoms with Gasteiger partial charge in [-0.3, -0.25) is 19.3 Å². The molecule has 0 saturated carbocycles. The van der Waals surface area contributed by atoms with E-state index < -0.39 is 0 Å². The van der Waals surface area contributed by atoms with Crippen molar-refractivity contribution < 1.29 is 18.8 Å². The number of nitrogens with zero attached hydrogens (tertiary/aromatic N) is 1. The number of carbonyl (C=O) groups excluding carboxylic acids is 3. The Bertz CT molecular complexity index is 590. The number of benzene rings is 1. The van der Waals surface area contributed by atoms with Crippen LogP contribution in [0, 0.1) is 5.82 Å². The van der Waals surface area contributed by atoms with Crippen molar-refractivity contribution in [3.05, 3.63) is 34.1 Å². The van der Waals surface area contributed by atoms with E-state index in [-0.39, 0.29) is 49.3 Å². The summed E-state index contributed by atoms with van der Waals surface area (Å²) in [6.07, 6.45) is 1.15. The summed E-state index contributed by atoms with van der Waals surface area (Å²) in [5.74, 6) is -0.968. The summed E-state index contributed by atoms with van der Waals surface area (Å²) in [7, 11) is 0. The quantitative estimate of drug-likeness (QED) is 0.776. The summed E-state index contributed by atoms with van der Waals surface area (Å²) in [5.41, 5.74) is 0.901. The summed E-state index contributed by atoms with van der Waals surface area (Å²) in [6, 6.07) is 4.70. The fourth-order valence-corrected chi connectivity index (χ4v) is 2.64. The first-order valence-electron chi connectivity index (χ1n) is 7.01. The molecular weight excluding hydrogens is 355 g/mol. The Kier molecular flexibility index (Phi) is 5.65. The standard InChI is InChI=1S/C15H16BrFN2O3/c16-11-9-10(1-2-12(11)17)5-7-18-13(20)6-8-19-14(21)3-4-15(19)22/h1-2,9H,3-8H2,(H,18,20). The van der Waals surface area contributed by atoms with Gasteiger partial charge in [-0.05, 0) is 40.0 Å². The zero-order chi connectivity index (χ0) is 16.1. The van der Waals surface area contributed by atoms with Gasteiger partial charge in [0.2, 0.25) is 17.7 Å². The van der Waals surface area contributed by atoms with Crippen LogP contribution in [0.4, 0.5) is 4.39 Å². The van der Waals surface area contributed by atoms with Crippen molar-refractivity contribution in [1.29, 1.82) is 0 Å². The molecule has 0 radical (unpaired) electrons. The molecule has 3 amide bonds. The minimum atomic E-state index is -0.326. The van der Waals surface area contributed by atoms with Gasteiger partial charge in [0.15, 0.2) is 0 Å². The third kappa shape index (κ3) is 4.37. The lowest BCUT2D eigenvalue weighted by atomic mass is 10.1. The zero-order valence-electron chi connectivity index (χ0n) is 11.9. The van der Waals surface area contributed by atoms with Crippen LogP contribution in [-0.4, -0.2) is 35.7 Å². The molecule has 118 valence electrons. The van der Waals surface area contributed by atoms with E-state index in [4.69, 9.17) is 0 Å². The van der Waals surface area contributed by atoms with Gasteiger partial charge >= 0.3 is 0 Å². The van der Waals surface area contributed by atoms with Gasteiger partial charge < -0.3 is 5.32 Å². The number of rotatable bonds is 6. The van der Waals surface area contributed by atoms with Gasteiger partial charge in [-0.15, -0.1) is 0 Å². The number of nitrogens with one attached hydrogen (secondary N) is 1. The van der Waals surface area contributed by atoms with Crippen LogP contribution < -0.4 is 5.32 Å². The third-order valence-corrected chi connectivity index (χ3v) is 4.04. The summed E-state index contributed by atoms with van der Waals surface area (Å²) >= 11 is 3.11. The highest BCUT2D eigenvalue weighted by Gasteiger charge is 2.28. The number of hydrogen-bond donors (Lipinski definition) is 1. The molecule has 2 rings (SSSR count). The molecule has 0 spiro atoms. The number of carbonyl (C=O) groups is 3. The fourth-order valence-electron chi connectivity index (χ4n) is 2.22. The monoisotopic (exact) mass is 370 g/mol. The van der Waals surface area contributed by atoms with Gasteiger partial charge in [0.1, 0.15) is 5.82 Å². The Morgan fingerprint density at radius 2 is 1.95 bits per heavy atom. The van der Waals surface area contributed by atoms with Crippen molar-refractivity contribution >= 4 is 33.7 Å². The van der Waals surface area contributed by atoms with Crippen LogP contribution in [0.1, 0.15) is 24.8 Å².